The summed E-state index contributed by atoms with van der Waals surface area (Å²) >= 11 is 1.72. The van der Waals surface area contributed by atoms with Gasteiger partial charge in [-0.25, -0.2) is 9.97 Å². The lowest BCUT2D eigenvalue weighted by Gasteiger charge is -2.28. The largest absolute Gasteiger partial charge is 0.378 e. The first-order chi connectivity index (χ1) is 12.1. The Morgan fingerprint density at radius 2 is 2.00 bits per heavy atom. The van der Waals surface area contributed by atoms with Gasteiger partial charge in [0.05, 0.1) is 23.4 Å². The van der Waals surface area contributed by atoms with Gasteiger partial charge in [-0.1, -0.05) is 18.2 Å². The SMILES string of the molecule is CC(=O)c1cccc(-c2nc(N3CCOCC3)c3sc(C)cc3n2)c1. The molecule has 0 saturated carbocycles. The summed E-state index contributed by atoms with van der Waals surface area (Å²) in [6.45, 7) is 6.75. The molecule has 3 heterocycles. The Bertz CT molecular complexity index is 945. The third kappa shape index (κ3) is 3.15. The summed E-state index contributed by atoms with van der Waals surface area (Å²) in [5.41, 5.74) is 2.51. The highest BCUT2D eigenvalue weighted by molar-refractivity contribution is 7.19. The van der Waals surface area contributed by atoms with Gasteiger partial charge in [-0.15, -0.1) is 11.3 Å². The molecule has 128 valence electrons. The van der Waals surface area contributed by atoms with Crippen LogP contribution in [0.4, 0.5) is 5.82 Å². The minimum absolute atomic E-state index is 0.0442. The average molecular weight is 353 g/mol. The van der Waals surface area contributed by atoms with Crippen molar-refractivity contribution in [3.8, 4) is 11.4 Å². The molecule has 0 spiro atoms. The molecule has 6 heteroatoms. The molecule has 3 aromatic rings. The quantitative estimate of drug-likeness (QED) is 0.672. The van der Waals surface area contributed by atoms with Gasteiger partial charge in [-0.3, -0.25) is 4.79 Å². The lowest BCUT2D eigenvalue weighted by molar-refractivity contribution is 0.101. The van der Waals surface area contributed by atoms with E-state index in [9.17, 15) is 4.79 Å². The Morgan fingerprint density at radius 1 is 1.20 bits per heavy atom. The van der Waals surface area contributed by atoms with E-state index in [2.05, 4.69) is 17.9 Å². The zero-order valence-electron chi connectivity index (χ0n) is 14.3. The van der Waals surface area contributed by atoms with Crippen LogP contribution in [0, 0.1) is 6.92 Å². The standard InChI is InChI=1S/C19H19N3O2S/c1-12-10-16-17(25-12)19(22-6-8-24-9-7-22)21-18(20-16)15-5-3-4-14(11-15)13(2)23/h3-5,10-11H,6-9H2,1-2H3. The number of aromatic nitrogens is 2. The first kappa shape index (κ1) is 16.2. The summed E-state index contributed by atoms with van der Waals surface area (Å²) in [6, 6.07) is 9.63. The molecule has 25 heavy (non-hydrogen) atoms. The number of benzene rings is 1. The number of morpholine rings is 1. The van der Waals surface area contributed by atoms with Crippen molar-refractivity contribution in [1.29, 1.82) is 0 Å². The lowest BCUT2D eigenvalue weighted by atomic mass is 10.1. The van der Waals surface area contributed by atoms with Crippen molar-refractivity contribution >= 4 is 33.2 Å². The van der Waals surface area contributed by atoms with E-state index >= 15 is 0 Å². The molecule has 1 aliphatic rings. The van der Waals surface area contributed by atoms with Gasteiger partial charge in [0.15, 0.2) is 17.4 Å². The van der Waals surface area contributed by atoms with Gasteiger partial charge < -0.3 is 9.64 Å². The number of carbonyl (C=O) groups is 1. The molecule has 0 N–H and O–H groups in total. The van der Waals surface area contributed by atoms with Gasteiger partial charge in [0.1, 0.15) is 0 Å². The molecule has 0 amide bonds. The summed E-state index contributed by atoms with van der Waals surface area (Å²) in [6.07, 6.45) is 0. The molecule has 5 nitrogen and oxygen atoms in total. The zero-order valence-corrected chi connectivity index (χ0v) is 15.1. The van der Waals surface area contributed by atoms with Crippen LogP contribution in [0.3, 0.4) is 0 Å². The Morgan fingerprint density at radius 3 is 2.76 bits per heavy atom. The normalized spacial score (nSPS) is 14.9. The maximum atomic E-state index is 11.7. The Balaban J connectivity index is 1.87. The van der Waals surface area contributed by atoms with E-state index in [-0.39, 0.29) is 5.78 Å². The molecule has 1 saturated heterocycles. The number of Topliss-reactive ketones (excluding diaryl/α,β-unsaturated/α-hetero) is 1. The minimum Gasteiger partial charge on any atom is -0.378 e. The van der Waals surface area contributed by atoms with Crippen LogP contribution in [0.5, 0.6) is 0 Å². The number of rotatable bonds is 3. The van der Waals surface area contributed by atoms with Crippen LogP contribution >= 0.6 is 11.3 Å². The van der Waals surface area contributed by atoms with Crippen LogP contribution < -0.4 is 4.90 Å². The number of fused-ring (bicyclic) bond motifs is 1. The second kappa shape index (κ2) is 6.54. The van der Waals surface area contributed by atoms with Crippen molar-refractivity contribution < 1.29 is 9.53 Å². The maximum absolute atomic E-state index is 11.7. The van der Waals surface area contributed by atoms with Gasteiger partial charge in [-0.2, -0.15) is 0 Å². The van der Waals surface area contributed by atoms with Crippen molar-refractivity contribution in [3.05, 3.63) is 40.8 Å². The minimum atomic E-state index is 0.0442. The Labute approximate surface area is 150 Å². The third-order valence-corrected chi connectivity index (χ3v) is 5.35. The molecule has 2 aromatic heterocycles. The van der Waals surface area contributed by atoms with Crippen LogP contribution in [0.25, 0.3) is 21.6 Å². The van der Waals surface area contributed by atoms with E-state index < -0.39 is 0 Å². The van der Waals surface area contributed by atoms with Gasteiger partial charge in [0.2, 0.25) is 0 Å². The molecular weight excluding hydrogens is 334 g/mol. The van der Waals surface area contributed by atoms with Crippen LogP contribution in [-0.2, 0) is 4.74 Å². The number of carbonyl (C=O) groups excluding carboxylic acids is 1. The number of hydrogen-bond acceptors (Lipinski definition) is 6. The van der Waals surface area contributed by atoms with E-state index in [0.29, 0.717) is 24.6 Å². The monoisotopic (exact) mass is 353 g/mol. The fourth-order valence-electron chi connectivity index (χ4n) is 3.03. The number of ketones is 1. The second-order valence-electron chi connectivity index (χ2n) is 6.18. The fourth-order valence-corrected chi connectivity index (χ4v) is 4.00. The summed E-state index contributed by atoms with van der Waals surface area (Å²) in [5, 5.41) is 0. The number of ether oxygens (including phenoxy) is 1. The summed E-state index contributed by atoms with van der Waals surface area (Å²) in [5.74, 6) is 1.67. The summed E-state index contributed by atoms with van der Waals surface area (Å²) in [7, 11) is 0. The molecule has 0 aliphatic carbocycles. The van der Waals surface area contributed by atoms with Gasteiger partial charge >= 0.3 is 0 Å². The molecular formula is C19H19N3O2S. The van der Waals surface area contributed by atoms with Gasteiger partial charge in [0, 0.05) is 29.1 Å². The topological polar surface area (TPSA) is 55.3 Å². The van der Waals surface area contributed by atoms with Crippen molar-refractivity contribution in [2.75, 3.05) is 31.2 Å². The first-order valence-corrected chi connectivity index (χ1v) is 9.16. The van der Waals surface area contributed by atoms with Crippen LogP contribution in [0.15, 0.2) is 30.3 Å². The summed E-state index contributed by atoms with van der Waals surface area (Å²) < 4.78 is 6.59. The first-order valence-electron chi connectivity index (χ1n) is 8.34. The second-order valence-corrected chi connectivity index (χ2v) is 7.43. The van der Waals surface area contributed by atoms with E-state index in [1.807, 2.05) is 24.3 Å². The Hall–Kier alpha value is -2.31. The van der Waals surface area contributed by atoms with E-state index in [0.717, 1.165) is 34.7 Å². The molecule has 0 bridgehead atoms. The van der Waals surface area contributed by atoms with Crippen LogP contribution in [0.1, 0.15) is 22.2 Å². The van der Waals surface area contributed by atoms with Gasteiger partial charge in [-0.05, 0) is 26.0 Å². The van der Waals surface area contributed by atoms with E-state index in [1.54, 1.807) is 18.3 Å². The van der Waals surface area contributed by atoms with Crippen molar-refractivity contribution in [2.45, 2.75) is 13.8 Å². The number of hydrogen-bond donors (Lipinski definition) is 0. The number of thiophene rings is 1. The van der Waals surface area contributed by atoms with E-state index in [4.69, 9.17) is 14.7 Å². The number of aryl methyl sites for hydroxylation is 1. The molecule has 0 radical (unpaired) electrons. The molecule has 1 fully saturated rings. The van der Waals surface area contributed by atoms with Crippen LogP contribution in [-0.4, -0.2) is 42.1 Å². The van der Waals surface area contributed by atoms with Gasteiger partial charge in [0.25, 0.3) is 0 Å². The zero-order chi connectivity index (χ0) is 17.4. The lowest BCUT2D eigenvalue weighted by Crippen LogP contribution is -2.36. The average Bonchev–Trinajstić information content (AvgIpc) is 3.01. The molecule has 1 aliphatic heterocycles. The number of nitrogens with zero attached hydrogens (tertiary/aromatic N) is 3. The van der Waals surface area contributed by atoms with E-state index in [1.165, 1.54) is 4.88 Å². The third-order valence-electron chi connectivity index (χ3n) is 4.31. The maximum Gasteiger partial charge on any atom is 0.162 e. The van der Waals surface area contributed by atoms with Crippen LogP contribution in [0.2, 0.25) is 0 Å². The Kier molecular flexibility index (Phi) is 4.23. The fraction of sp³-hybridized carbons (Fsp3) is 0.316. The number of anilines is 1. The predicted molar refractivity (Wildman–Crippen MR) is 101 cm³/mol. The van der Waals surface area contributed by atoms with Crippen molar-refractivity contribution in [1.82, 2.24) is 9.97 Å². The molecule has 0 atom stereocenters. The molecule has 4 rings (SSSR count). The molecule has 1 aromatic carbocycles. The highest BCUT2D eigenvalue weighted by atomic mass is 32.1. The van der Waals surface area contributed by atoms with Crippen molar-refractivity contribution in [2.24, 2.45) is 0 Å². The predicted octanol–water partition coefficient (Wildman–Crippen LogP) is 3.71. The van der Waals surface area contributed by atoms with Crippen molar-refractivity contribution in [3.63, 3.8) is 0 Å². The highest BCUT2D eigenvalue weighted by Gasteiger charge is 2.19. The summed E-state index contributed by atoms with van der Waals surface area (Å²) in [4.78, 5) is 24.8. The highest BCUT2D eigenvalue weighted by Crippen LogP contribution is 2.34. The smallest absolute Gasteiger partial charge is 0.162 e. The molecule has 0 unspecified atom stereocenters.